The Kier molecular flexibility index (Phi) is 6.11. The van der Waals surface area contributed by atoms with E-state index >= 15 is 0 Å². The van der Waals surface area contributed by atoms with E-state index in [0.717, 1.165) is 37.7 Å². The number of halogens is 1. The van der Waals surface area contributed by atoms with Gasteiger partial charge in [0, 0.05) is 36.8 Å². The van der Waals surface area contributed by atoms with E-state index in [1.54, 1.807) is 19.4 Å². The minimum atomic E-state index is -0.747. The quantitative estimate of drug-likeness (QED) is 0.508. The van der Waals surface area contributed by atoms with Crippen molar-refractivity contribution in [3.8, 4) is 0 Å². The molecule has 1 heterocycles. The molecule has 3 rings (SSSR count). The summed E-state index contributed by atoms with van der Waals surface area (Å²) in [7, 11) is 1.57. The Morgan fingerprint density at radius 3 is 2.75 bits per heavy atom. The molecule has 2 fully saturated rings. The first-order valence-corrected chi connectivity index (χ1v) is 9.47. The molecule has 2 aliphatic rings. The van der Waals surface area contributed by atoms with Gasteiger partial charge in [0.2, 0.25) is 5.95 Å². The lowest BCUT2D eigenvalue weighted by atomic mass is 10.0. The van der Waals surface area contributed by atoms with Gasteiger partial charge in [-0.3, -0.25) is 4.99 Å². The Labute approximate surface area is 163 Å². The van der Waals surface area contributed by atoms with E-state index in [1.807, 2.05) is 6.92 Å². The van der Waals surface area contributed by atoms with Crippen molar-refractivity contribution in [3.63, 3.8) is 0 Å². The van der Waals surface area contributed by atoms with E-state index in [4.69, 9.17) is 10.5 Å². The Hall–Kier alpha value is -2.71. The van der Waals surface area contributed by atoms with Gasteiger partial charge in [0.15, 0.2) is 0 Å². The summed E-state index contributed by atoms with van der Waals surface area (Å²) in [5.41, 5.74) is 6.48. The van der Waals surface area contributed by atoms with Crippen molar-refractivity contribution in [3.05, 3.63) is 29.7 Å². The maximum atomic E-state index is 12.5. The molecule has 0 bridgehead atoms. The van der Waals surface area contributed by atoms with Crippen LogP contribution in [0.15, 0.2) is 29.2 Å². The SMILES string of the molecule is CN=C(/C=C(\N)CF)Nc1ncc(C2CCC(OC(=O)NC3(C)CC3)C2)cn1. The van der Waals surface area contributed by atoms with Crippen molar-refractivity contribution < 1.29 is 13.9 Å². The van der Waals surface area contributed by atoms with Crippen LogP contribution in [0.5, 0.6) is 0 Å². The van der Waals surface area contributed by atoms with Crippen LogP contribution in [-0.4, -0.2) is 47.3 Å². The molecule has 0 aromatic carbocycles. The van der Waals surface area contributed by atoms with E-state index in [-0.39, 0.29) is 29.4 Å². The van der Waals surface area contributed by atoms with Gasteiger partial charge in [-0.2, -0.15) is 0 Å². The highest BCUT2D eigenvalue weighted by Crippen LogP contribution is 2.37. The number of ether oxygens (including phenoxy) is 1. The number of amides is 1. The molecule has 2 saturated carbocycles. The van der Waals surface area contributed by atoms with Crippen molar-refractivity contribution >= 4 is 17.9 Å². The zero-order valence-electron chi connectivity index (χ0n) is 16.2. The minimum absolute atomic E-state index is 0.0708. The average molecular weight is 390 g/mol. The zero-order chi connectivity index (χ0) is 20.1. The molecule has 1 aromatic rings. The number of nitrogens with two attached hydrogens (primary N) is 1. The topological polar surface area (TPSA) is 115 Å². The fourth-order valence-electron chi connectivity index (χ4n) is 3.19. The van der Waals surface area contributed by atoms with Crippen LogP contribution in [0.2, 0.25) is 0 Å². The predicted octanol–water partition coefficient (Wildman–Crippen LogP) is 2.64. The van der Waals surface area contributed by atoms with Crippen LogP contribution in [0.4, 0.5) is 15.1 Å². The molecular formula is C19H27FN6O2. The Balaban J connectivity index is 1.52. The number of amidine groups is 1. The lowest BCUT2D eigenvalue weighted by Gasteiger charge is -2.16. The number of hydrogen-bond donors (Lipinski definition) is 3. The number of hydrogen-bond acceptors (Lipinski definition) is 6. The maximum Gasteiger partial charge on any atom is 0.407 e. The summed E-state index contributed by atoms with van der Waals surface area (Å²) in [5.74, 6) is 0.993. The molecule has 2 unspecified atom stereocenters. The molecule has 2 aliphatic carbocycles. The number of nitrogens with zero attached hydrogens (tertiary/aromatic N) is 3. The normalized spacial score (nSPS) is 24.0. The minimum Gasteiger partial charge on any atom is -0.446 e. The average Bonchev–Trinajstić information content (AvgIpc) is 3.21. The lowest BCUT2D eigenvalue weighted by Crippen LogP contribution is -2.36. The standard InChI is InChI=1S/C19H27FN6O2/c1-19(5-6-19)26-18(27)28-15-4-3-12(7-15)13-10-23-17(24-11-13)25-16(22-2)8-14(21)9-20/h8,10-12,15H,3-7,9,21H2,1-2H3,(H,26,27)(H,22,23,24,25)/b14-8-. The van der Waals surface area contributed by atoms with Crippen molar-refractivity contribution in [1.29, 1.82) is 0 Å². The van der Waals surface area contributed by atoms with Crippen molar-refractivity contribution in [1.82, 2.24) is 15.3 Å². The van der Waals surface area contributed by atoms with Crippen LogP contribution in [-0.2, 0) is 4.74 Å². The zero-order valence-corrected chi connectivity index (χ0v) is 16.2. The van der Waals surface area contributed by atoms with Gasteiger partial charge >= 0.3 is 6.09 Å². The summed E-state index contributed by atoms with van der Waals surface area (Å²) in [5, 5.41) is 5.82. The molecule has 0 aliphatic heterocycles. The van der Waals surface area contributed by atoms with Crippen LogP contribution in [0.3, 0.4) is 0 Å². The second-order valence-corrected chi connectivity index (χ2v) is 7.65. The Morgan fingerprint density at radius 1 is 1.43 bits per heavy atom. The van der Waals surface area contributed by atoms with Crippen LogP contribution in [0.1, 0.15) is 50.5 Å². The maximum absolute atomic E-state index is 12.5. The number of anilines is 1. The highest BCUT2D eigenvalue weighted by Gasteiger charge is 2.40. The van der Waals surface area contributed by atoms with Gasteiger partial charge in [0.25, 0.3) is 0 Å². The van der Waals surface area contributed by atoms with Crippen LogP contribution < -0.4 is 16.4 Å². The van der Waals surface area contributed by atoms with Gasteiger partial charge in [-0.15, -0.1) is 0 Å². The Morgan fingerprint density at radius 2 is 2.14 bits per heavy atom. The van der Waals surface area contributed by atoms with Gasteiger partial charge in [-0.05, 0) is 50.5 Å². The summed E-state index contributed by atoms with van der Waals surface area (Å²) in [6, 6.07) is 0. The van der Waals surface area contributed by atoms with Crippen molar-refractivity contribution in [2.24, 2.45) is 10.7 Å². The van der Waals surface area contributed by atoms with Gasteiger partial charge in [0.05, 0.1) is 0 Å². The van der Waals surface area contributed by atoms with Crippen LogP contribution in [0, 0.1) is 0 Å². The van der Waals surface area contributed by atoms with Crippen LogP contribution in [0.25, 0.3) is 0 Å². The van der Waals surface area contributed by atoms with Crippen LogP contribution >= 0.6 is 0 Å². The Bertz CT molecular complexity index is 760. The molecule has 0 saturated heterocycles. The lowest BCUT2D eigenvalue weighted by molar-refractivity contribution is 0.0967. The summed E-state index contributed by atoms with van der Waals surface area (Å²) in [6.07, 6.45) is 9.03. The summed E-state index contributed by atoms with van der Waals surface area (Å²) < 4.78 is 18.0. The summed E-state index contributed by atoms with van der Waals surface area (Å²) in [6.45, 7) is 1.28. The highest BCUT2D eigenvalue weighted by molar-refractivity contribution is 6.03. The van der Waals surface area contributed by atoms with E-state index in [2.05, 4.69) is 25.6 Å². The molecular weight excluding hydrogens is 363 g/mol. The number of carbonyl (C=O) groups is 1. The third-order valence-corrected chi connectivity index (χ3v) is 5.16. The number of alkyl carbamates (subject to hydrolysis) is 1. The number of aliphatic imine (C=N–C) groups is 1. The summed E-state index contributed by atoms with van der Waals surface area (Å²) >= 11 is 0. The second kappa shape index (κ2) is 8.53. The van der Waals surface area contributed by atoms with E-state index in [9.17, 15) is 9.18 Å². The molecule has 2 atom stereocenters. The fourth-order valence-corrected chi connectivity index (χ4v) is 3.19. The largest absolute Gasteiger partial charge is 0.446 e. The number of carbonyl (C=O) groups excluding carboxylic acids is 1. The van der Waals surface area contributed by atoms with Gasteiger partial charge < -0.3 is 21.1 Å². The van der Waals surface area contributed by atoms with Crippen molar-refractivity contribution in [2.75, 3.05) is 19.0 Å². The smallest absolute Gasteiger partial charge is 0.407 e. The van der Waals surface area contributed by atoms with Crippen molar-refractivity contribution in [2.45, 2.75) is 56.6 Å². The van der Waals surface area contributed by atoms with E-state index in [1.165, 1.54) is 6.08 Å². The summed E-state index contributed by atoms with van der Waals surface area (Å²) in [4.78, 5) is 24.5. The molecule has 4 N–H and O–H groups in total. The molecule has 1 aromatic heterocycles. The van der Waals surface area contributed by atoms with Gasteiger partial charge in [0.1, 0.15) is 18.6 Å². The monoisotopic (exact) mass is 390 g/mol. The van der Waals surface area contributed by atoms with Gasteiger partial charge in [-0.25, -0.2) is 19.2 Å². The first-order chi connectivity index (χ1) is 13.4. The molecule has 9 heteroatoms. The van der Waals surface area contributed by atoms with E-state index in [0.29, 0.717) is 11.8 Å². The highest BCUT2D eigenvalue weighted by atomic mass is 19.1. The third kappa shape index (κ3) is 5.40. The third-order valence-electron chi connectivity index (χ3n) is 5.16. The second-order valence-electron chi connectivity index (χ2n) is 7.65. The number of alkyl halides is 1. The number of nitrogens with one attached hydrogen (secondary N) is 2. The molecule has 1 amide bonds. The number of rotatable bonds is 6. The first-order valence-electron chi connectivity index (χ1n) is 9.47. The predicted molar refractivity (Wildman–Crippen MR) is 105 cm³/mol. The molecule has 8 nitrogen and oxygen atoms in total. The first kappa shape index (κ1) is 20.0. The molecule has 152 valence electrons. The molecule has 0 spiro atoms. The molecule has 0 radical (unpaired) electrons. The molecule has 28 heavy (non-hydrogen) atoms. The fraction of sp³-hybridized carbons (Fsp3) is 0.579. The number of aromatic nitrogens is 2. The van der Waals surface area contributed by atoms with Gasteiger partial charge in [-0.1, -0.05) is 0 Å². The number of allylic oxidation sites excluding steroid dienone is 1. The van der Waals surface area contributed by atoms with E-state index < -0.39 is 6.67 Å².